The van der Waals surface area contributed by atoms with Gasteiger partial charge in [0.1, 0.15) is 0 Å². The van der Waals surface area contributed by atoms with E-state index < -0.39 is 7.92 Å². The van der Waals surface area contributed by atoms with Crippen molar-refractivity contribution in [2.45, 2.75) is 13.0 Å². The van der Waals surface area contributed by atoms with Crippen molar-refractivity contribution in [1.29, 1.82) is 0 Å². The van der Waals surface area contributed by atoms with E-state index in [-0.39, 0.29) is 17.1 Å². The van der Waals surface area contributed by atoms with Crippen LogP contribution in [0.5, 0.6) is 0 Å². The van der Waals surface area contributed by atoms with Gasteiger partial charge in [0.05, 0.1) is 0 Å². The second-order valence-electron chi connectivity index (χ2n) is 6.80. The Morgan fingerprint density at radius 2 is 1.27 bits per heavy atom. The van der Waals surface area contributed by atoms with Crippen molar-refractivity contribution in [3.63, 3.8) is 0 Å². The van der Waals surface area contributed by atoms with Gasteiger partial charge in [-0.3, -0.25) is 0 Å². The molecule has 2 aliphatic carbocycles. The minimum Gasteiger partial charge on any atom is -0.329 e. The van der Waals surface area contributed by atoms with Crippen LogP contribution >= 0.6 is 7.92 Å². The van der Waals surface area contributed by atoms with E-state index in [1.54, 1.807) is 0 Å². The Labute approximate surface area is 196 Å². The van der Waals surface area contributed by atoms with E-state index in [1.165, 1.54) is 22.2 Å². The molecule has 1 atom stereocenters. The molecule has 0 unspecified atom stereocenters. The van der Waals surface area contributed by atoms with Gasteiger partial charge in [0.25, 0.3) is 0 Å². The Morgan fingerprint density at radius 3 is 1.73 bits per heavy atom. The van der Waals surface area contributed by atoms with Gasteiger partial charge in [-0.2, -0.15) is 0 Å². The maximum atomic E-state index is 5.65. The van der Waals surface area contributed by atoms with Crippen molar-refractivity contribution in [1.82, 2.24) is 5.32 Å². The normalized spacial score (nSPS) is 18.0. The smallest absolute Gasteiger partial charge is 0.329 e. The van der Waals surface area contributed by atoms with Crippen molar-refractivity contribution in [2.75, 3.05) is 13.1 Å². The number of rotatable bonds is 7. The zero-order valence-corrected chi connectivity index (χ0v) is 19.3. The molecule has 4 heteroatoms. The van der Waals surface area contributed by atoms with E-state index in [4.69, 9.17) is 5.73 Å². The second kappa shape index (κ2) is 14.4. The summed E-state index contributed by atoms with van der Waals surface area (Å²) in [6.45, 7) is 3.71. The van der Waals surface area contributed by atoms with Gasteiger partial charge in [-0.1, -0.05) is 60.7 Å². The monoisotopic (exact) mass is 456 g/mol. The summed E-state index contributed by atoms with van der Waals surface area (Å²) in [5.74, 6) is 1.38. The fraction of sp³-hybridized carbons (Fsp3) is 0.154. The van der Waals surface area contributed by atoms with Crippen molar-refractivity contribution in [3.05, 3.63) is 124 Å². The number of hydrogen-bond acceptors (Lipinski definition) is 2. The minimum absolute atomic E-state index is 0. The fourth-order valence-corrected chi connectivity index (χ4v) is 5.86. The summed E-state index contributed by atoms with van der Waals surface area (Å²) in [5.41, 5.74) is 7.08. The summed E-state index contributed by atoms with van der Waals surface area (Å²) >= 11 is 0. The summed E-state index contributed by atoms with van der Waals surface area (Å²) in [6.07, 6.45) is 16.7. The molecule has 2 nitrogen and oxygen atoms in total. The van der Waals surface area contributed by atoms with Crippen LogP contribution in [0, 0.1) is 62.9 Å². The molecule has 3 N–H and O–H groups in total. The van der Waals surface area contributed by atoms with E-state index in [9.17, 15) is 0 Å². The van der Waals surface area contributed by atoms with Crippen LogP contribution in [-0.2, 0) is 17.1 Å². The third-order valence-electron chi connectivity index (χ3n) is 4.71. The molecule has 0 aromatic heterocycles. The standard InChI is InChI=1S/C21H24N2P.C5H5.Fe/c1-17(23-16-15-22)20-13-8-14-21(20)24(18-9-4-2-5-10-18)19-11-6-3-7-12-19;1-2-4-5-3-1;/h2-14,17,23H,15-16,22H2,1H3;1-5H;/q;;+2/t17-;;/m0../s1. The molecule has 0 bridgehead atoms. The number of nitrogens with two attached hydrogens (primary N) is 1. The molecular formula is C26H29FeN2P+2. The van der Waals surface area contributed by atoms with E-state index in [0.29, 0.717) is 12.6 Å². The molecule has 154 valence electrons. The van der Waals surface area contributed by atoms with Gasteiger partial charge in [-0.05, 0) is 76.8 Å². The molecule has 4 rings (SSSR count). The second-order valence-corrected chi connectivity index (χ2v) is 8.99. The van der Waals surface area contributed by atoms with Gasteiger partial charge in [0.15, 0.2) is 0 Å². The first-order chi connectivity index (χ1) is 14.3. The molecule has 10 radical (unpaired) electrons. The summed E-state index contributed by atoms with van der Waals surface area (Å²) in [4.78, 5) is 0. The average molecular weight is 456 g/mol. The van der Waals surface area contributed by atoms with Crippen molar-refractivity contribution >= 4 is 18.5 Å². The molecule has 0 heterocycles. The number of nitrogens with one attached hydrogen (secondary N) is 1. The van der Waals surface area contributed by atoms with E-state index in [1.807, 2.05) is 32.1 Å². The number of hydrogen-bond donors (Lipinski definition) is 2. The Hall–Kier alpha value is -0.691. The zero-order chi connectivity index (χ0) is 20.3. The molecule has 0 saturated heterocycles. The zero-order valence-electron chi connectivity index (χ0n) is 17.3. The van der Waals surface area contributed by atoms with Crippen LogP contribution in [-0.4, -0.2) is 19.1 Å². The Kier molecular flexibility index (Phi) is 12.3. The largest absolute Gasteiger partial charge is 2.00 e. The molecule has 2 aromatic carbocycles. The van der Waals surface area contributed by atoms with Gasteiger partial charge in [-0.15, -0.1) is 0 Å². The molecule has 30 heavy (non-hydrogen) atoms. The first kappa shape index (κ1) is 25.6. The summed E-state index contributed by atoms with van der Waals surface area (Å²) in [6, 6.07) is 22.0. The third kappa shape index (κ3) is 7.47. The topological polar surface area (TPSA) is 38.0 Å². The minimum atomic E-state index is -0.548. The molecule has 0 amide bonds. The predicted octanol–water partition coefficient (Wildman–Crippen LogP) is 3.81. The van der Waals surface area contributed by atoms with Crippen LogP contribution in [0.4, 0.5) is 0 Å². The summed E-state index contributed by atoms with van der Waals surface area (Å²) in [5, 5.41) is 6.29. The Balaban J connectivity index is 0.000000468. The molecule has 2 fully saturated rings. The van der Waals surface area contributed by atoms with Crippen LogP contribution in [0.15, 0.2) is 60.7 Å². The molecule has 2 aromatic rings. The maximum absolute atomic E-state index is 5.65. The van der Waals surface area contributed by atoms with Crippen molar-refractivity contribution in [3.8, 4) is 0 Å². The van der Waals surface area contributed by atoms with Crippen LogP contribution < -0.4 is 21.7 Å². The third-order valence-corrected chi connectivity index (χ3v) is 7.23. The van der Waals surface area contributed by atoms with E-state index in [2.05, 4.69) is 92.2 Å². The maximum Gasteiger partial charge on any atom is 2.00 e. The molecule has 2 saturated carbocycles. The van der Waals surface area contributed by atoms with Crippen LogP contribution in [0.3, 0.4) is 0 Å². The summed E-state index contributed by atoms with van der Waals surface area (Å²) < 4.78 is 0. The van der Waals surface area contributed by atoms with Gasteiger partial charge in [0.2, 0.25) is 0 Å². The van der Waals surface area contributed by atoms with Gasteiger partial charge in [0, 0.05) is 30.7 Å². The Bertz CT molecular complexity index is 631. The first-order valence-corrected chi connectivity index (χ1v) is 11.4. The fourth-order valence-electron chi connectivity index (χ4n) is 3.31. The molecule has 2 aliphatic rings. The van der Waals surface area contributed by atoms with Gasteiger partial charge >= 0.3 is 17.1 Å². The number of benzene rings is 2. The van der Waals surface area contributed by atoms with Crippen LogP contribution in [0.1, 0.15) is 6.92 Å². The SMILES string of the molecule is C[C@H](NCCN)[C]1[CH][CH][CH][C]1P(c1ccccc1)c1ccccc1.[CH]1[CH][CH][CH][CH]1.[Fe+2]. The Morgan fingerprint density at radius 1 is 0.767 bits per heavy atom. The van der Waals surface area contributed by atoms with Crippen LogP contribution in [0.2, 0.25) is 0 Å². The van der Waals surface area contributed by atoms with Crippen molar-refractivity contribution in [2.24, 2.45) is 5.73 Å². The first-order valence-electron chi connectivity index (χ1n) is 10.1. The van der Waals surface area contributed by atoms with Gasteiger partial charge in [-0.25, -0.2) is 0 Å². The predicted molar refractivity (Wildman–Crippen MR) is 126 cm³/mol. The van der Waals surface area contributed by atoms with Crippen LogP contribution in [0.25, 0.3) is 0 Å². The summed E-state index contributed by atoms with van der Waals surface area (Å²) in [7, 11) is -0.548. The average Bonchev–Trinajstić information content (AvgIpc) is 3.49. The quantitative estimate of drug-likeness (QED) is 0.492. The van der Waals surface area contributed by atoms with Crippen molar-refractivity contribution < 1.29 is 17.1 Å². The molecule has 0 spiro atoms. The van der Waals surface area contributed by atoms with E-state index in [0.717, 1.165) is 6.54 Å². The molecular weight excluding hydrogens is 427 g/mol. The van der Waals surface area contributed by atoms with Gasteiger partial charge < -0.3 is 11.1 Å². The van der Waals surface area contributed by atoms with E-state index >= 15 is 0 Å². The molecule has 0 aliphatic heterocycles.